The number of anilines is 1. The first-order valence-electron chi connectivity index (χ1n) is 11.4. The van der Waals surface area contributed by atoms with E-state index >= 15 is 0 Å². The van der Waals surface area contributed by atoms with Crippen molar-refractivity contribution in [3.63, 3.8) is 0 Å². The van der Waals surface area contributed by atoms with E-state index in [1.165, 1.54) is 11.1 Å². The minimum Gasteiger partial charge on any atom is -0.460 e. The van der Waals surface area contributed by atoms with Gasteiger partial charge in [0.25, 0.3) is 0 Å². The van der Waals surface area contributed by atoms with Crippen LogP contribution in [0.1, 0.15) is 57.6 Å². The molecule has 0 aliphatic carbocycles. The maximum atomic E-state index is 12.4. The molecule has 2 amide bonds. The first-order chi connectivity index (χ1) is 14.7. The molecule has 0 unspecified atom stereocenters. The SMILES string of the molecule is CC(C)(C)OC(=O)C1CCN(Cc2cccc3c2CCN3[C@@H]2CCC(=O)NC2=O)CC1. The quantitative estimate of drug-likeness (QED) is 0.587. The zero-order valence-electron chi connectivity index (χ0n) is 18.8. The van der Waals surface area contributed by atoms with Crippen molar-refractivity contribution in [3.05, 3.63) is 29.3 Å². The van der Waals surface area contributed by atoms with Crippen molar-refractivity contribution >= 4 is 23.5 Å². The topological polar surface area (TPSA) is 79.0 Å². The van der Waals surface area contributed by atoms with Gasteiger partial charge in [-0.1, -0.05) is 12.1 Å². The Hall–Kier alpha value is -2.41. The molecule has 168 valence electrons. The highest BCUT2D eigenvalue weighted by Crippen LogP contribution is 2.35. The van der Waals surface area contributed by atoms with Gasteiger partial charge in [0.15, 0.2) is 0 Å². The van der Waals surface area contributed by atoms with Crippen molar-refractivity contribution in [2.75, 3.05) is 24.5 Å². The molecule has 1 atom stereocenters. The van der Waals surface area contributed by atoms with Gasteiger partial charge in [0.05, 0.1) is 5.92 Å². The molecular formula is C24H33N3O4. The van der Waals surface area contributed by atoms with E-state index in [1.807, 2.05) is 20.8 Å². The fraction of sp³-hybridized carbons (Fsp3) is 0.625. The highest BCUT2D eigenvalue weighted by molar-refractivity contribution is 6.02. The van der Waals surface area contributed by atoms with Crippen LogP contribution in [-0.2, 0) is 32.1 Å². The number of amides is 2. The zero-order chi connectivity index (χ0) is 22.2. The smallest absolute Gasteiger partial charge is 0.309 e. The van der Waals surface area contributed by atoms with Crippen LogP contribution in [-0.4, -0.2) is 54.0 Å². The van der Waals surface area contributed by atoms with Gasteiger partial charge in [-0.05, 0) is 76.7 Å². The van der Waals surface area contributed by atoms with E-state index in [9.17, 15) is 14.4 Å². The standard InChI is InChI=1S/C24H33N3O4/c1-24(2,3)31-23(30)16-9-12-26(13-10-16)15-17-5-4-6-19-18(17)11-14-27(19)20-7-8-21(28)25-22(20)29/h4-6,16,20H,7-15H2,1-3H3,(H,25,28,29)/t20-/m1/s1. The molecule has 0 bridgehead atoms. The third-order valence-corrected chi connectivity index (χ3v) is 6.47. The molecule has 4 rings (SSSR count). The Bertz CT molecular complexity index is 868. The number of nitrogens with one attached hydrogen (secondary N) is 1. The molecule has 0 saturated carbocycles. The molecule has 3 aliphatic heterocycles. The number of hydrogen-bond acceptors (Lipinski definition) is 6. The van der Waals surface area contributed by atoms with E-state index in [2.05, 4.69) is 33.3 Å². The van der Waals surface area contributed by atoms with Gasteiger partial charge in [0.2, 0.25) is 11.8 Å². The first-order valence-corrected chi connectivity index (χ1v) is 11.4. The molecule has 1 N–H and O–H groups in total. The number of carbonyl (C=O) groups is 3. The van der Waals surface area contributed by atoms with Crippen LogP contribution in [0.3, 0.4) is 0 Å². The van der Waals surface area contributed by atoms with E-state index in [0.717, 1.165) is 51.1 Å². The Kier molecular flexibility index (Phi) is 6.06. The molecule has 0 spiro atoms. The maximum absolute atomic E-state index is 12.4. The van der Waals surface area contributed by atoms with Crippen molar-refractivity contribution in [3.8, 4) is 0 Å². The van der Waals surface area contributed by atoms with Gasteiger partial charge in [-0.3, -0.25) is 24.6 Å². The van der Waals surface area contributed by atoms with Crippen LogP contribution in [0.2, 0.25) is 0 Å². The average molecular weight is 428 g/mol. The zero-order valence-corrected chi connectivity index (χ0v) is 18.8. The van der Waals surface area contributed by atoms with Crippen LogP contribution in [0.25, 0.3) is 0 Å². The lowest BCUT2D eigenvalue weighted by Crippen LogP contribution is -2.52. The number of nitrogens with zero attached hydrogens (tertiary/aromatic N) is 2. The molecule has 1 aromatic carbocycles. The summed E-state index contributed by atoms with van der Waals surface area (Å²) in [5.41, 5.74) is 3.29. The Morgan fingerprint density at radius 3 is 2.52 bits per heavy atom. The molecule has 31 heavy (non-hydrogen) atoms. The first kappa shape index (κ1) is 21.8. The van der Waals surface area contributed by atoms with Crippen molar-refractivity contribution in [2.45, 2.75) is 71.1 Å². The third-order valence-electron chi connectivity index (χ3n) is 6.47. The van der Waals surface area contributed by atoms with Crippen LogP contribution in [0.4, 0.5) is 5.69 Å². The van der Waals surface area contributed by atoms with Crippen molar-refractivity contribution in [1.82, 2.24) is 10.2 Å². The van der Waals surface area contributed by atoms with Crippen molar-refractivity contribution in [2.24, 2.45) is 5.92 Å². The van der Waals surface area contributed by atoms with E-state index in [1.54, 1.807) is 0 Å². The number of esters is 1. The predicted molar refractivity (Wildman–Crippen MR) is 118 cm³/mol. The summed E-state index contributed by atoms with van der Waals surface area (Å²) in [5.74, 6) is -0.449. The van der Waals surface area contributed by atoms with E-state index < -0.39 is 5.60 Å². The number of imide groups is 1. The van der Waals surface area contributed by atoms with Gasteiger partial charge in [-0.15, -0.1) is 0 Å². The van der Waals surface area contributed by atoms with Gasteiger partial charge in [-0.25, -0.2) is 0 Å². The number of hydrogen-bond donors (Lipinski definition) is 1. The number of benzene rings is 1. The number of fused-ring (bicyclic) bond motifs is 1. The number of rotatable bonds is 4. The summed E-state index contributed by atoms with van der Waals surface area (Å²) in [6.45, 7) is 9.15. The lowest BCUT2D eigenvalue weighted by molar-refractivity contribution is -0.161. The minimum absolute atomic E-state index is 0.0139. The summed E-state index contributed by atoms with van der Waals surface area (Å²) in [7, 11) is 0. The highest BCUT2D eigenvalue weighted by Gasteiger charge is 2.36. The van der Waals surface area contributed by atoms with E-state index in [4.69, 9.17) is 4.74 Å². The predicted octanol–water partition coefficient (Wildman–Crippen LogP) is 2.41. The second kappa shape index (κ2) is 8.61. The van der Waals surface area contributed by atoms with Gasteiger partial charge in [-0.2, -0.15) is 0 Å². The van der Waals surface area contributed by atoms with Crippen LogP contribution in [0.15, 0.2) is 18.2 Å². The summed E-state index contributed by atoms with van der Waals surface area (Å²) >= 11 is 0. The lowest BCUT2D eigenvalue weighted by atomic mass is 9.95. The van der Waals surface area contributed by atoms with Crippen LogP contribution in [0.5, 0.6) is 0 Å². The fourth-order valence-electron chi connectivity index (χ4n) is 4.94. The number of carbonyl (C=O) groups excluding carboxylic acids is 3. The van der Waals surface area contributed by atoms with Crippen LogP contribution < -0.4 is 10.2 Å². The molecule has 2 saturated heterocycles. The number of likely N-dealkylation sites (tertiary alicyclic amines) is 1. The van der Waals surface area contributed by atoms with Crippen LogP contribution >= 0.6 is 0 Å². The van der Waals surface area contributed by atoms with E-state index in [0.29, 0.717) is 12.8 Å². The minimum atomic E-state index is -0.437. The summed E-state index contributed by atoms with van der Waals surface area (Å²) in [5, 5.41) is 2.48. The fourth-order valence-corrected chi connectivity index (χ4v) is 4.94. The number of ether oxygens (including phenoxy) is 1. The molecular weight excluding hydrogens is 394 g/mol. The second-order valence-electron chi connectivity index (χ2n) is 9.91. The largest absolute Gasteiger partial charge is 0.460 e. The average Bonchev–Trinajstić information content (AvgIpc) is 3.12. The summed E-state index contributed by atoms with van der Waals surface area (Å²) in [6.07, 6.45) is 3.54. The monoisotopic (exact) mass is 427 g/mol. The summed E-state index contributed by atoms with van der Waals surface area (Å²) in [6, 6.07) is 6.06. The Morgan fingerprint density at radius 2 is 1.84 bits per heavy atom. The van der Waals surface area contributed by atoms with Gasteiger partial charge >= 0.3 is 5.97 Å². The third kappa shape index (κ3) is 4.92. The van der Waals surface area contributed by atoms with Crippen molar-refractivity contribution < 1.29 is 19.1 Å². The molecule has 7 nitrogen and oxygen atoms in total. The lowest BCUT2D eigenvalue weighted by Gasteiger charge is -2.33. The van der Waals surface area contributed by atoms with Gasteiger partial charge in [0.1, 0.15) is 11.6 Å². The van der Waals surface area contributed by atoms with Crippen LogP contribution in [0, 0.1) is 5.92 Å². The Labute approximate surface area is 184 Å². The molecule has 2 fully saturated rings. The molecule has 7 heteroatoms. The number of piperidine rings is 2. The van der Waals surface area contributed by atoms with Gasteiger partial charge in [0, 0.05) is 25.2 Å². The second-order valence-corrected chi connectivity index (χ2v) is 9.91. The Balaban J connectivity index is 1.38. The molecule has 0 aromatic heterocycles. The molecule has 1 aromatic rings. The normalized spacial score (nSPS) is 22.9. The molecule has 3 heterocycles. The van der Waals surface area contributed by atoms with Crippen molar-refractivity contribution in [1.29, 1.82) is 0 Å². The van der Waals surface area contributed by atoms with Gasteiger partial charge < -0.3 is 9.64 Å². The van der Waals surface area contributed by atoms with E-state index in [-0.39, 0.29) is 29.7 Å². The molecule has 3 aliphatic rings. The highest BCUT2D eigenvalue weighted by atomic mass is 16.6. The molecule has 0 radical (unpaired) electrons. The maximum Gasteiger partial charge on any atom is 0.309 e. The summed E-state index contributed by atoms with van der Waals surface area (Å²) in [4.78, 5) is 40.8. The summed E-state index contributed by atoms with van der Waals surface area (Å²) < 4.78 is 5.56. The Morgan fingerprint density at radius 1 is 1.10 bits per heavy atom.